The summed E-state index contributed by atoms with van der Waals surface area (Å²) in [6, 6.07) is 39.7. The van der Waals surface area contributed by atoms with Gasteiger partial charge in [-0.15, -0.1) is 0 Å². The van der Waals surface area contributed by atoms with Crippen LogP contribution in [0.4, 0.5) is 5.69 Å². The number of fused-ring (bicyclic) bond motifs is 9. The van der Waals surface area contributed by atoms with Crippen molar-refractivity contribution < 1.29 is 0 Å². The fourth-order valence-electron chi connectivity index (χ4n) is 5.90. The number of hydrogen-bond donors (Lipinski definition) is 0. The molecule has 0 radical (unpaired) electrons. The van der Waals surface area contributed by atoms with E-state index < -0.39 is 0 Å². The summed E-state index contributed by atoms with van der Waals surface area (Å²) in [5.74, 6) is 1.02. The van der Waals surface area contributed by atoms with Crippen LogP contribution in [0.5, 0.6) is 0 Å². The molecule has 174 valence electrons. The van der Waals surface area contributed by atoms with Gasteiger partial charge in [-0.3, -0.25) is 4.99 Å². The number of allylic oxidation sites excluding steroid dienone is 1. The summed E-state index contributed by atoms with van der Waals surface area (Å²) in [6.07, 6.45) is 6.02. The van der Waals surface area contributed by atoms with Crippen molar-refractivity contribution >= 4 is 28.5 Å². The minimum atomic E-state index is -0.0821. The minimum absolute atomic E-state index is 0.0821. The molecule has 3 heterocycles. The highest BCUT2D eigenvalue weighted by atomic mass is 15.3. The highest BCUT2D eigenvalue weighted by Gasteiger charge is 2.41. The van der Waals surface area contributed by atoms with Crippen LogP contribution in [0.25, 0.3) is 44.2 Å². The molecule has 8 rings (SSSR count). The van der Waals surface area contributed by atoms with Crippen LogP contribution in [0, 0.1) is 0 Å². The number of benzene rings is 5. The lowest BCUT2D eigenvalue weighted by atomic mass is 9.89. The molecule has 0 aromatic heterocycles. The van der Waals surface area contributed by atoms with Gasteiger partial charge in [0.1, 0.15) is 5.84 Å². The summed E-state index contributed by atoms with van der Waals surface area (Å²) >= 11 is 0. The molecule has 5 aromatic rings. The minimum Gasteiger partial charge on any atom is -0.314 e. The molecule has 0 amide bonds. The van der Waals surface area contributed by atoms with Crippen LogP contribution >= 0.6 is 0 Å². The molecule has 3 nitrogen and oxygen atoms in total. The zero-order chi connectivity index (χ0) is 24.3. The number of anilines is 1. The van der Waals surface area contributed by atoms with Gasteiger partial charge in [-0.1, -0.05) is 97.1 Å². The van der Waals surface area contributed by atoms with Gasteiger partial charge in [0, 0.05) is 17.3 Å². The number of para-hydroxylation sites is 1. The van der Waals surface area contributed by atoms with Crippen LogP contribution in [-0.2, 0) is 0 Å². The summed E-state index contributed by atoms with van der Waals surface area (Å²) in [7, 11) is 0. The standard InChI is InChI=1S/C34H23N3/c1-2-7-25-20-26(16-15-22(25)6-1)23-11-13-24(14-12-23)27-17-18-29-30(21-27)28-8-3-4-9-31(28)37-32-10-5-19-35-33(32)36-34(29)37/h1-21,32-33H. The number of rotatable bonds is 2. The van der Waals surface area contributed by atoms with E-state index in [-0.39, 0.29) is 12.2 Å². The summed E-state index contributed by atoms with van der Waals surface area (Å²) in [5, 5.41) is 2.53. The monoisotopic (exact) mass is 473 g/mol. The summed E-state index contributed by atoms with van der Waals surface area (Å²) in [6.45, 7) is 0. The Morgan fingerprint density at radius 1 is 0.568 bits per heavy atom. The van der Waals surface area contributed by atoms with Gasteiger partial charge in [0.2, 0.25) is 0 Å². The molecule has 3 aliphatic heterocycles. The van der Waals surface area contributed by atoms with E-state index in [0.29, 0.717) is 0 Å². The van der Waals surface area contributed by atoms with Gasteiger partial charge in [0.25, 0.3) is 0 Å². The van der Waals surface area contributed by atoms with Crippen LogP contribution in [0.15, 0.2) is 131 Å². The van der Waals surface area contributed by atoms with E-state index >= 15 is 0 Å². The van der Waals surface area contributed by atoms with Crippen molar-refractivity contribution in [1.82, 2.24) is 0 Å². The first-order valence-electron chi connectivity index (χ1n) is 12.7. The maximum Gasteiger partial charge on any atom is 0.166 e. The number of nitrogens with zero attached hydrogens (tertiary/aromatic N) is 3. The van der Waals surface area contributed by atoms with Gasteiger partial charge in [0.15, 0.2) is 6.17 Å². The third-order valence-corrected chi connectivity index (χ3v) is 7.73. The van der Waals surface area contributed by atoms with Gasteiger partial charge < -0.3 is 4.90 Å². The van der Waals surface area contributed by atoms with E-state index in [1.807, 2.05) is 12.3 Å². The third kappa shape index (κ3) is 3.14. The Kier molecular flexibility index (Phi) is 4.35. The topological polar surface area (TPSA) is 28.0 Å². The lowest BCUT2D eigenvalue weighted by molar-refractivity contribution is 0.661. The molecule has 2 unspecified atom stereocenters. The Labute approximate surface area is 215 Å². The lowest BCUT2D eigenvalue weighted by Gasteiger charge is -2.34. The molecule has 0 aliphatic carbocycles. The fraction of sp³-hybridized carbons (Fsp3) is 0.0588. The largest absolute Gasteiger partial charge is 0.314 e. The molecule has 0 N–H and O–H groups in total. The quantitative estimate of drug-likeness (QED) is 0.257. The normalized spacial score (nSPS) is 18.7. The zero-order valence-corrected chi connectivity index (χ0v) is 20.1. The van der Waals surface area contributed by atoms with Gasteiger partial charge >= 0.3 is 0 Å². The molecule has 0 saturated carbocycles. The van der Waals surface area contributed by atoms with E-state index in [4.69, 9.17) is 4.99 Å². The van der Waals surface area contributed by atoms with Crippen molar-refractivity contribution in [3.63, 3.8) is 0 Å². The van der Waals surface area contributed by atoms with E-state index in [2.05, 4.69) is 125 Å². The molecule has 3 aliphatic rings. The Hall–Kier alpha value is -4.76. The summed E-state index contributed by atoms with van der Waals surface area (Å²) in [4.78, 5) is 12.0. The van der Waals surface area contributed by atoms with Gasteiger partial charge in [-0.2, -0.15) is 0 Å². The van der Waals surface area contributed by atoms with Crippen LogP contribution in [-0.4, -0.2) is 24.3 Å². The highest BCUT2D eigenvalue weighted by molar-refractivity contribution is 6.21. The van der Waals surface area contributed by atoms with Crippen LogP contribution < -0.4 is 4.90 Å². The first-order valence-corrected chi connectivity index (χ1v) is 12.7. The molecule has 0 bridgehead atoms. The van der Waals surface area contributed by atoms with Crippen LogP contribution in [0.3, 0.4) is 0 Å². The second-order valence-corrected chi connectivity index (χ2v) is 9.83. The molecule has 0 spiro atoms. The van der Waals surface area contributed by atoms with Crippen molar-refractivity contribution in [2.45, 2.75) is 12.2 Å². The number of aliphatic imine (C=N–C) groups is 2. The summed E-state index contributed by atoms with van der Waals surface area (Å²) < 4.78 is 0. The maximum absolute atomic E-state index is 5.03. The Morgan fingerprint density at radius 2 is 1.27 bits per heavy atom. The van der Waals surface area contributed by atoms with E-state index in [1.165, 1.54) is 55.4 Å². The Morgan fingerprint density at radius 3 is 2.14 bits per heavy atom. The van der Waals surface area contributed by atoms with Gasteiger partial charge in [-0.25, -0.2) is 4.99 Å². The average Bonchev–Trinajstić information content (AvgIpc) is 3.37. The SMILES string of the molecule is C1=CC2C(N=C1)N=C1c3ccc(-c4ccc(-c5ccc6ccccc6c5)cc4)cc3-c3ccccc3N12. The van der Waals surface area contributed by atoms with E-state index in [1.54, 1.807) is 0 Å². The van der Waals surface area contributed by atoms with Crippen LogP contribution in [0.1, 0.15) is 5.56 Å². The molecule has 37 heavy (non-hydrogen) atoms. The molecular formula is C34H23N3. The van der Waals surface area contributed by atoms with Gasteiger partial charge in [0.05, 0.1) is 11.7 Å². The molecule has 0 saturated heterocycles. The molecule has 3 heteroatoms. The Balaban J connectivity index is 1.20. The van der Waals surface area contributed by atoms with E-state index in [0.717, 1.165) is 5.84 Å². The van der Waals surface area contributed by atoms with Crippen molar-refractivity contribution in [3.05, 3.63) is 127 Å². The van der Waals surface area contributed by atoms with Gasteiger partial charge in [-0.05, 0) is 62.9 Å². The third-order valence-electron chi connectivity index (χ3n) is 7.73. The molecule has 2 atom stereocenters. The lowest BCUT2D eigenvalue weighted by Crippen LogP contribution is -2.41. The van der Waals surface area contributed by atoms with Crippen molar-refractivity contribution in [2.75, 3.05) is 4.90 Å². The predicted molar refractivity (Wildman–Crippen MR) is 154 cm³/mol. The van der Waals surface area contributed by atoms with Crippen LogP contribution in [0.2, 0.25) is 0 Å². The van der Waals surface area contributed by atoms with Crippen molar-refractivity contribution in [1.29, 1.82) is 0 Å². The predicted octanol–water partition coefficient (Wildman–Crippen LogP) is 7.76. The molecular weight excluding hydrogens is 450 g/mol. The average molecular weight is 474 g/mol. The first kappa shape index (κ1) is 20.4. The van der Waals surface area contributed by atoms with Crippen molar-refractivity contribution in [2.24, 2.45) is 9.98 Å². The maximum atomic E-state index is 5.03. The smallest absolute Gasteiger partial charge is 0.166 e. The highest BCUT2D eigenvalue weighted by Crippen LogP contribution is 2.45. The second kappa shape index (κ2) is 7.87. The zero-order valence-electron chi connectivity index (χ0n) is 20.1. The number of amidine groups is 1. The molecule has 5 aromatic carbocycles. The first-order chi connectivity index (χ1) is 18.3. The number of dihydropyridines is 1. The number of hydrogen-bond acceptors (Lipinski definition) is 3. The molecule has 0 fully saturated rings. The Bertz CT molecular complexity index is 1790. The van der Waals surface area contributed by atoms with E-state index in [9.17, 15) is 0 Å². The fourth-order valence-corrected chi connectivity index (χ4v) is 5.90. The second-order valence-electron chi connectivity index (χ2n) is 9.83. The van der Waals surface area contributed by atoms with Crippen molar-refractivity contribution in [3.8, 4) is 33.4 Å². The summed E-state index contributed by atoms with van der Waals surface area (Å²) in [5.41, 5.74) is 9.73.